The van der Waals surface area contributed by atoms with Crippen LogP contribution >= 0.6 is 0 Å². The van der Waals surface area contributed by atoms with Crippen molar-refractivity contribution < 1.29 is 18.7 Å². The van der Waals surface area contributed by atoms with Crippen LogP contribution in [0.1, 0.15) is 12.0 Å². The van der Waals surface area contributed by atoms with Gasteiger partial charge in [-0.05, 0) is 29.8 Å². The van der Waals surface area contributed by atoms with Crippen molar-refractivity contribution in [3.8, 4) is 5.75 Å². The van der Waals surface area contributed by atoms with Gasteiger partial charge in [-0.1, -0.05) is 24.3 Å². The molecule has 0 saturated carbocycles. The first-order chi connectivity index (χ1) is 12.1. The number of para-hydroxylation sites is 1. The van der Waals surface area contributed by atoms with Crippen molar-refractivity contribution in [2.45, 2.75) is 13.0 Å². The molecule has 2 aromatic carbocycles. The number of likely N-dealkylation sites (tertiary alicyclic amines) is 1. The lowest BCUT2D eigenvalue weighted by molar-refractivity contribution is -0.128. The van der Waals surface area contributed by atoms with Crippen molar-refractivity contribution in [3.05, 3.63) is 59.9 Å². The predicted octanol–water partition coefficient (Wildman–Crippen LogP) is 2.82. The summed E-state index contributed by atoms with van der Waals surface area (Å²) >= 11 is 0. The highest BCUT2D eigenvalue weighted by Gasteiger charge is 2.34. The Morgan fingerprint density at radius 3 is 2.64 bits per heavy atom. The SMILES string of the molecule is COc1ccc(CN2C[C@H](C(=O)Nc3ccccc3F)CC2=O)cc1. The Balaban J connectivity index is 1.61. The number of carbonyl (C=O) groups is 2. The third kappa shape index (κ3) is 3.96. The smallest absolute Gasteiger partial charge is 0.229 e. The molecular formula is C19H19FN2O3. The van der Waals surface area contributed by atoms with Gasteiger partial charge in [0.1, 0.15) is 11.6 Å². The van der Waals surface area contributed by atoms with E-state index in [4.69, 9.17) is 4.74 Å². The molecule has 0 unspecified atom stereocenters. The molecule has 0 spiro atoms. The Bertz CT molecular complexity index is 776. The van der Waals surface area contributed by atoms with E-state index in [0.29, 0.717) is 13.1 Å². The molecule has 1 aliphatic heterocycles. The van der Waals surface area contributed by atoms with Gasteiger partial charge in [0.05, 0.1) is 18.7 Å². The molecule has 2 amide bonds. The quantitative estimate of drug-likeness (QED) is 0.909. The van der Waals surface area contributed by atoms with E-state index in [1.807, 2.05) is 24.3 Å². The van der Waals surface area contributed by atoms with Gasteiger partial charge < -0.3 is 15.0 Å². The molecule has 1 heterocycles. The highest BCUT2D eigenvalue weighted by Crippen LogP contribution is 2.23. The minimum Gasteiger partial charge on any atom is -0.497 e. The van der Waals surface area contributed by atoms with Crippen molar-refractivity contribution >= 4 is 17.5 Å². The van der Waals surface area contributed by atoms with Crippen LogP contribution in [-0.2, 0) is 16.1 Å². The molecule has 1 fully saturated rings. The number of methoxy groups -OCH3 is 1. The highest BCUT2D eigenvalue weighted by molar-refractivity contribution is 5.97. The summed E-state index contributed by atoms with van der Waals surface area (Å²) in [6.07, 6.45) is 0.135. The molecule has 0 bridgehead atoms. The van der Waals surface area contributed by atoms with Crippen molar-refractivity contribution in [3.63, 3.8) is 0 Å². The number of anilines is 1. The minimum atomic E-state index is -0.490. The van der Waals surface area contributed by atoms with E-state index in [1.165, 1.54) is 12.1 Å². The number of nitrogens with one attached hydrogen (secondary N) is 1. The first-order valence-electron chi connectivity index (χ1n) is 8.03. The fourth-order valence-electron chi connectivity index (χ4n) is 2.85. The van der Waals surface area contributed by atoms with E-state index in [9.17, 15) is 14.0 Å². The molecule has 2 aromatic rings. The number of carbonyl (C=O) groups excluding carboxylic acids is 2. The third-order valence-electron chi connectivity index (χ3n) is 4.25. The normalized spacial score (nSPS) is 16.8. The van der Waals surface area contributed by atoms with Gasteiger partial charge in [-0.15, -0.1) is 0 Å². The van der Waals surface area contributed by atoms with Crippen LogP contribution in [0.2, 0.25) is 0 Å². The fourth-order valence-corrected chi connectivity index (χ4v) is 2.85. The number of benzene rings is 2. The fraction of sp³-hybridized carbons (Fsp3) is 0.263. The molecule has 1 N–H and O–H groups in total. The summed E-state index contributed by atoms with van der Waals surface area (Å²) < 4.78 is 18.7. The summed E-state index contributed by atoms with van der Waals surface area (Å²) in [5.41, 5.74) is 1.10. The number of amides is 2. The van der Waals surface area contributed by atoms with Crippen LogP contribution in [0.3, 0.4) is 0 Å². The molecule has 0 aromatic heterocycles. The Morgan fingerprint density at radius 1 is 1.24 bits per heavy atom. The van der Waals surface area contributed by atoms with Gasteiger partial charge in [-0.3, -0.25) is 9.59 Å². The monoisotopic (exact) mass is 342 g/mol. The van der Waals surface area contributed by atoms with Crippen LogP contribution in [0, 0.1) is 11.7 Å². The number of ether oxygens (including phenoxy) is 1. The lowest BCUT2D eigenvalue weighted by Gasteiger charge is -2.17. The summed E-state index contributed by atoms with van der Waals surface area (Å²) in [7, 11) is 1.60. The summed E-state index contributed by atoms with van der Waals surface area (Å²) in [5.74, 6) is -0.639. The second-order valence-corrected chi connectivity index (χ2v) is 5.99. The summed E-state index contributed by atoms with van der Waals surface area (Å²) in [6.45, 7) is 0.761. The van der Waals surface area contributed by atoms with E-state index in [0.717, 1.165) is 11.3 Å². The predicted molar refractivity (Wildman–Crippen MR) is 91.5 cm³/mol. The van der Waals surface area contributed by atoms with Crippen molar-refractivity contribution in [1.82, 2.24) is 4.90 Å². The van der Waals surface area contributed by atoms with Crippen molar-refractivity contribution in [1.29, 1.82) is 0 Å². The lowest BCUT2D eigenvalue weighted by atomic mass is 10.1. The van der Waals surface area contributed by atoms with Gasteiger partial charge in [0.2, 0.25) is 11.8 Å². The maximum atomic E-state index is 13.6. The lowest BCUT2D eigenvalue weighted by Crippen LogP contribution is -2.28. The Hall–Kier alpha value is -2.89. The number of nitrogens with zero attached hydrogens (tertiary/aromatic N) is 1. The number of hydrogen-bond acceptors (Lipinski definition) is 3. The molecule has 1 saturated heterocycles. The zero-order chi connectivity index (χ0) is 17.8. The Morgan fingerprint density at radius 2 is 1.96 bits per heavy atom. The van der Waals surface area contributed by atoms with Gasteiger partial charge in [-0.2, -0.15) is 0 Å². The summed E-state index contributed by atoms with van der Waals surface area (Å²) in [4.78, 5) is 26.2. The topological polar surface area (TPSA) is 58.6 Å². The zero-order valence-electron chi connectivity index (χ0n) is 13.9. The van der Waals surface area contributed by atoms with E-state index in [-0.39, 0.29) is 23.9 Å². The van der Waals surface area contributed by atoms with Gasteiger partial charge in [0.15, 0.2) is 0 Å². The molecule has 3 rings (SSSR count). The molecule has 130 valence electrons. The van der Waals surface area contributed by atoms with Gasteiger partial charge in [-0.25, -0.2) is 4.39 Å². The van der Waals surface area contributed by atoms with Gasteiger partial charge >= 0.3 is 0 Å². The first-order valence-corrected chi connectivity index (χ1v) is 8.03. The summed E-state index contributed by atoms with van der Waals surface area (Å²) in [5, 5.41) is 2.56. The second kappa shape index (κ2) is 7.34. The average molecular weight is 342 g/mol. The summed E-state index contributed by atoms with van der Waals surface area (Å²) in [6, 6.07) is 13.4. The van der Waals surface area contributed by atoms with Crippen LogP contribution in [0.15, 0.2) is 48.5 Å². The highest BCUT2D eigenvalue weighted by atomic mass is 19.1. The van der Waals surface area contributed by atoms with Crippen molar-refractivity contribution in [2.75, 3.05) is 19.0 Å². The van der Waals surface area contributed by atoms with E-state index in [2.05, 4.69) is 5.32 Å². The molecule has 5 nitrogen and oxygen atoms in total. The van der Waals surface area contributed by atoms with Crippen molar-refractivity contribution in [2.24, 2.45) is 5.92 Å². The average Bonchev–Trinajstić information content (AvgIpc) is 2.98. The molecule has 6 heteroatoms. The number of rotatable bonds is 5. The molecule has 0 radical (unpaired) electrons. The molecule has 0 aliphatic carbocycles. The zero-order valence-corrected chi connectivity index (χ0v) is 13.9. The van der Waals surface area contributed by atoms with Crippen LogP contribution in [-0.4, -0.2) is 30.4 Å². The Kier molecular flexibility index (Phi) is 4.97. The second-order valence-electron chi connectivity index (χ2n) is 5.99. The van der Waals surface area contributed by atoms with E-state index >= 15 is 0 Å². The molecular weight excluding hydrogens is 323 g/mol. The van der Waals surface area contributed by atoms with E-state index < -0.39 is 11.7 Å². The molecule has 1 atom stereocenters. The maximum Gasteiger partial charge on any atom is 0.229 e. The standard InChI is InChI=1S/C19H19FN2O3/c1-25-15-8-6-13(7-9-15)11-22-12-14(10-18(22)23)19(24)21-17-5-3-2-4-16(17)20/h2-9,14H,10-12H2,1H3,(H,21,24)/t14-/m1/s1. The van der Waals surface area contributed by atoms with Crippen LogP contribution in [0.5, 0.6) is 5.75 Å². The Labute approximate surface area is 145 Å². The van der Waals surface area contributed by atoms with Crippen LogP contribution in [0.4, 0.5) is 10.1 Å². The molecule has 25 heavy (non-hydrogen) atoms. The largest absolute Gasteiger partial charge is 0.497 e. The third-order valence-corrected chi connectivity index (χ3v) is 4.25. The maximum absolute atomic E-state index is 13.6. The minimum absolute atomic E-state index is 0.0792. The van der Waals surface area contributed by atoms with Crippen LogP contribution in [0.25, 0.3) is 0 Å². The van der Waals surface area contributed by atoms with Gasteiger partial charge in [0, 0.05) is 19.5 Å². The first kappa shape index (κ1) is 17.0. The number of hydrogen-bond donors (Lipinski definition) is 1. The van der Waals surface area contributed by atoms with Gasteiger partial charge in [0.25, 0.3) is 0 Å². The molecule has 1 aliphatic rings. The van der Waals surface area contributed by atoms with Crippen LogP contribution < -0.4 is 10.1 Å². The van der Waals surface area contributed by atoms with E-state index in [1.54, 1.807) is 24.1 Å². The number of halogens is 1.